The molecule has 0 saturated heterocycles. The second-order valence-electron chi connectivity index (χ2n) is 6.63. The fraction of sp³-hybridized carbons (Fsp3) is 0.0833. The maximum absolute atomic E-state index is 12.1. The molecule has 0 aliphatic rings. The summed E-state index contributed by atoms with van der Waals surface area (Å²) >= 11 is 6.00. The maximum Gasteiger partial charge on any atom is 0.338 e. The molecule has 6 heteroatoms. The molecule has 4 rings (SSSR count). The minimum atomic E-state index is -0.409. The Morgan fingerprint density at radius 3 is 2.47 bits per heavy atom. The number of esters is 1. The summed E-state index contributed by atoms with van der Waals surface area (Å²) in [6, 6.07) is 21.9. The summed E-state index contributed by atoms with van der Waals surface area (Å²) < 4.78 is 5.07. The monoisotopic (exact) mass is 418 g/mol. The molecule has 0 atom stereocenters. The summed E-state index contributed by atoms with van der Waals surface area (Å²) in [5, 5.41) is 12.1. The molecule has 30 heavy (non-hydrogen) atoms. The number of aromatic hydroxyl groups is 1. The predicted molar refractivity (Wildman–Crippen MR) is 119 cm³/mol. The van der Waals surface area contributed by atoms with Crippen LogP contribution in [0.3, 0.4) is 0 Å². The van der Waals surface area contributed by atoms with E-state index in [1.54, 1.807) is 37.3 Å². The highest BCUT2D eigenvalue weighted by molar-refractivity contribution is 6.30. The standard InChI is InChI=1S/C24H19ClN2O3/c1-2-30-24(29)16-8-13-19-20(14-16)27-23(28)21(19)22(15-6-4-3-5-7-15)26-18-11-9-17(25)10-12-18/h3-14,27-28H,2H2,1H3. The van der Waals surface area contributed by atoms with Crippen LogP contribution in [0, 0.1) is 0 Å². The van der Waals surface area contributed by atoms with Crippen LogP contribution >= 0.6 is 11.6 Å². The molecular formula is C24H19ClN2O3. The summed E-state index contributed by atoms with van der Waals surface area (Å²) in [7, 11) is 0. The number of benzene rings is 3. The number of H-pyrrole nitrogens is 1. The molecule has 1 heterocycles. The second-order valence-corrected chi connectivity index (χ2v) is 7.07. The largest absolute Gasteiger partial charge is 0.494 e. The van der Waals surface area contributed by atoms with Gasteiger partial charge in [0.25, 0.3) is 0 Å². The number of nitrogens with one attached hydrogen (secondary N) is 1. The van der Waals surface area contributed by atoms with E-state index in [9.17, 15) is 9.90 Å². The number of fused-ring (bicyclic) bond motifs is 1. The van der Waals surface area contributed by atoms with Crippen LogP contribution in [-0.4, -0.2) is 28.4 Å². The number of aliphatic imine (C=N–C) groups is 1. The molecule has 4 aromatic rings. The zero-order valence-corrected chi connectivity index (χ0v) is 17.0. The Balaban J connectivity index is 1.89. The third kappa shape index (κ3) is 3.93. The average molecular weight is 419 g/mol. The van der Waals surface area contributed by atoms with Gasteiger partial charge in [0, 0.05) is 21.5 Å². The van der Waals surface area contributed by atoms with Crippen molar-refractivity contribution in [2.45, 2.75) is 6.92 Å². The molecule has 0 unspecified atom stereocenters. The Kier molecular flexibility index (Phi) is 5.55. The molecule has 0 radical (unpaired) electrons. The first kappa shape index (κ1) is 19.7. The second kappa shape index (κ2) is 8.43. The first-order chi connectivity index (χ1) is 14.6. The zero-order valence-electron chi connectivity index (χ0n) is 16.2. The summed E-state index contributed by atoms with van der Waals surface area (Å²) in [5.74, 6) is -0.435. The van der Waals surface area contributed by atoms with Crippen LogP contribution in [0.5, 0.6) is 5.88 Å². The SMILES string of the molecule is CCOC(=O)c1ccc2c(C(=Nc3ccc(Cl)cc3)c3ccccc3)c(O)[nH]c2c1. The number of carbonyl (C=O) groups excluding carboxylic acids is 1. The predicted octanol–water partition coefficient (Wildman–Crippen LogP) is 5.87. The highest BCUT2D eigenvalue weighted by Gasteiger charge is 2.20. The summed E-state index contributed by atoms with van der Waals surface area (Å²) in [6.07, 6.45) is 0. The summed E-state index contributed by atoms with van der Waals surface area (Å²) in [4.78, 5) is 19.8. The molecule has 0 saturated carbocycles. The van der Waals surface area contributed by atoms with E-state index in [0.717, 1.165) is 10.9 Å². The molecule has 0 amide bonds. The van der Waals surface area contributed by atoms with Crippen molar-refractivity contribution < 1.29 is 14.6 Å². The van der Waals surface area contributed by atoms with Gasteiger partial charge in [-0.15, -0.1) is 0 Å². The Bertz CT molecular complexity index is 1230. The number of hydrogen-bond donors (Lipinski definition) is 2. The average Bonchev–Trinajstić information content (AvgIpc) is 3.09. The van der Waals surface area contributed by atoms with Gasteiger partial charge in [-0.3, -0.25) is 0 Å². The van der Waals surface area contributed by atoms with Crippen LogP contribution in [0.15, 0.2) is 77.8 Å². The highest BCUT2D eigenvalue weighted by Crippen LogP contribution is 2.32. The van der Waals surface area contributed by atoms with E-state index in [1.807, 2.05) is 42.5 Å². The quantitative estimate of drug-likeness (QED) is 0.314. The summed E-state index contributed by atoms with van der Waals surface area (Å²) in [5.41, 5.74) is 3.74. The van der Waals surface area contributed by atoms with Crippen LogP contribution in [0.4, 0.5) is 5.69 Å². The third-order valence-electron chi connectivity index (χ3n) is 4.64. The van der Waals surface area contributed by atoms with Crippen molar-refractivity contribution in [3.05, 3.63) is 94.5 Å². The number of aromatic amines is 1. The topological polar surface area (TPSA) is 74.7 Å². The molecular weight excluding hydrogens is 400 g/mol. The fourth-order valence-corrected chi connectivity index (χ4v) is 3.40. The lowest BCUT2D eigenvalue weighted by Gasteiger charge is -2.08. The Morgan fingerprint density at radius 2 is 1.77 bits per heavy atom. The Morgan fingerprint density at radius 1 is 1.03 bits per heavy atom. The maximum atomic E-state index is 12.1. The molecule has 0 aliphatic heterocycles. The number of carbonyl (C=O) groups is 1. The third-order valence-corrected chi connectivity index (χ3v) is 4.89. The van der Waals surface area contributed by atoms with E-state index < -0.39 is 5.97 Å². The molecule has 0 bridgehead atoms. The minimum absolute atomic E-state index is 0.0254. The van der Waals surface area contributed by atoms with Gasteiger partial charge >= 0.3 is 5.97 Å². The number of hydrogen-bond acceptors (Lipinski definition) is 4. The fourth-order valence-electron chi connectivity index (χ4n) is 3.27. The zero-order chi connectivity index (χ0) is 21.1. The van der Waals surface area contributed by atoms with E-state index in [4.69, 9.17) is 21.3 Å². The van der Waals surface area contributed by atoms with Crippen molar-refractivity contribution >= 4 is 39.9 Å². The number of nitrogens with zero attached hydrogens (tertiary/aromatic N) is 1. The lowest BCUT2D eigenvalue weighted by atomic mass is 10.00. The van der Waals surface area contributed by atoms with Crippen LogP contribution in [0.1, 0.15) is 28.4 Å². The van der Waals surface area contributed by atoms with Crippen LogP contribution < -0.4 is 0 Å². The van der Waals surface area contributed by atoms with Crippen molar-refractivity contribution in [2.24, 2.45) is 4.99 Å². The van der Waals surface area contributed by atoms with Crippen LogP contribution in [0.2, 0.25) is 5.02 Å². The molecule has 0 spiro atoms. The Hall–Kier alpha value is -3.57. The highest BCUT2D eigenvalue weighted by atomic mass is 35.5. The van der Waals surface area contributed by atoms with Crippen molar-refractivity contribution in [2.75, 3.05) is 6.61 Å². The normalized spacial score (nSPS) is 11.6. The number of aromatic nitrogens is 1. The van der Waals surface area contributed by atoms with Gasteiger partial charge in [-0.05, 0) is 43.3 Å². The van der Waals surface area contributed by atoms with Gasteiger partial charge in [0.1, 0.15) is 0 Å². The molecule has 0 aliphatic carbocycles. The molecule has 0 fully saturated rings. The van der Waals surface area contributed by atoms with Gasteiger partial charge in [0.15, 0.2) is 5.88 Å². The van der Waals surface area contributed by atoms with Crippen molar-refractivity contribution in [3.8, 4) is 5.88 Å². The van der Waals surface area contributed by atoms with Crippen molar-refractivity contribution in [1.29, 1.82) is 0 Å². The first-order valence-corrected chi connectivity index (χ1v) is 9.86. The number of rotatable bonds is 5. The lowest BCUT2D eigenvalue weighted by Crippen LogP contribution is -2.05. The van der Waals surface area contributed by atoms with Crippen LogP contribution in [-0.2, 0) is 4.74 Å². The minimum Gasteiger partial charge on any atom is -0.494 e. The lowest BCUT2D eigenvalue weighted by molar-refractivity contribution is 0.0526. The van der Waals surface area contributed by atoms with E-state index in [2.05, 4.69) is 4.98 Å². The first-order valence-electron chi connectivity index (χ1n) is 9.48. The molecule has 2 N–H and O–H groups in total. The van der Waals surface area contributed by atoms with Crippen LogP contribution in [0.25, 0.3) is 10.9 Å². The van der Waals surface area contributed by atoms with E-state index in [1.165, 1.54) is 0 Å². The van der Waals surface area contributed by atoms with E-state index >= 15 is 0 Å². The molecule has 5 nitrogen and oxygen atoms in total. The molecule has 3 aromatic carbocycles. The van der Waals surface area contributed by atoms with Gasteiger partial charge in [-0.1, -0.05) is 48.0 Å². The van der Waals surface area contributed by atoms with Gasteiger partial charge in [0.05, 0.1) is 29.1 Å². The summed E-state index contributed by atoms with van der Waals surface area (Å²) in [6.45, 7) is 2.05. The Labute approximate surface area is 178 Å². The van der Waals surface area contributed by atoms with E-state index in [0.29, 0.717) is 39.7 Å². The molecule has 150 valence electrons. The van der Waals surface area contributed by atoms with Crippen molar-refractivity contribution in [1.82, 2.24) is 4.98 Å². The number of halogens is 1. The van der Waals surface area contributed by atoms with Gasteiger partial charge in [-0.25, -0.2) is 9.79 Å². The smallest absolute Gasteiger partial charge is 0.338 e. The van der Waals surface area contributed by atoms with E-state index in [-0.39, 0.29) is 5.88 Å². The number of ether oxygens (including phenoxy) is 1. The van der Waals surface area contributed by atoms with Crippen molar-refractivity contribution in [3.63, 3.8) is 0 Å². The molecule has 1 aromatic heterocycles. The van der Waals surface area contributed by atoms with Gasteiger partial charge in [0.2, 0.25) is 0 Å². The van der Waals surface area contributed by atoms with Gasteiger partial charge < -0.3 is 14.8 Å². The van der Waals surface area contributed by atoms with Gasteiger partial charge in [-0.2, -0.15) is 0 Å².